The molecular weight excluding hydrogens is 383 g/mol. The average Bonchev–Trinajstić information content (AvgIpc) is 2.67. The van der Waals surface area contributed by atoms with Crippen molar-refractivity contribution in [3.8, 4) is 0 Å². The maximum absolute atomic E-state index is 13.4. The minimum absolute atomic E-state index is 0.0246. The molecule has 0 saturated heterocycles. The van der Waals surface area contributed by atoms with Crippen molar-refractivity contribution >= 4 is 40.1 Å². The van der Waals surface area contributed by atoms with Gasteiger partial charge in [-0.1, -0.05) is 11.6 Å². The van der Waals surface area contributed by atoms with Crippen molar-refractivity contribution in [3.05, 3.63) is 41.1 Å². The number of fused-ring (bicyclic) bond motifs is 1. The summed E-state index contributed by atoms with van der Waals surface area (Å²) in [7, 11) is 0. The molecule has 0 aliphatic heterocycles. The lowest BCUT2D eigenvalue weighted by molar-refractivity contribution is 0.126. The van der Waals surface area contributed by atoms with Crippen molar-refractivity contribution in [3.63, 3.8) is 0 Å². The molecule has 2 aromatic heterocycles. The summed E-state index contributed by atoms with van der Waals surface area (Å²) in [6.07, 6.45) is 4.71. The molecule has 1 aromatic carbocycles. The Morgan fingerprint density at radius 3 is 2.68 bits per heavy atom. The van der Waals surface area contributed by atoms with E-state index in [0.717, 1.165) is 25.7 Å². The zero-order valence-corrected chi connectivity index (χ0v) is 16.0. The second-order valence-corrected chi connectivity index (χ2v) is 7.36. The molecule has 0 radical (unpaired) electrons. The van der Waals surface area contributed by atoms with Gasteiger partial charge in [0.05, 0.1) is 17.3 Å². The molecule has 0 spiro atoms. The summed E-state index contributed by atoms with van der Waals surface area (Å²) in [5.74, 6) is 1.06. The quantitative estimate of drug-likeness (QED) is 0.607. The maximum Gasteiger partial charge on any atom is 0.223 e. The molecule has 1 aliphatic carbocycles. The van der Waals surface area contributed by atoms with Gasteiger partial charge in [0, 0.05) is 11.7 Å². The highest BCUT2D eigenvalue weighted by atomic mass is 35.5. The van der Waals surface area contributed by atoms with Gasteiger partial charge in [-0.25, -0.2) is 24.3 Å². The van der Waals surface area contributed by atoms with Gasteiger partial charge in [0.15, 0.2) is 5.82 Å². The maximum atomic E-state index is 13.4. The molecule has 9 heteroatoms. The number of hydrogen-bond donors (Lipinski definition) is 3. The van der Waals surface area contributed by atoms with Crippen LogP contribution in [0, 0.1) is 12.7 Å². The van der Waals surface area contributed by atoms with Crippen molar-refractivity contribution in [2.45, 2.75) is 44.8 Å². The van der Waals surface area contributed by atoms with Crippen molar-refractivity contribution in [1.82, 2.24) is 19.9 Å². The molecule has 3 N–H and O–H groups in total. The topological polar surface area (TPSA) is 95.9 Å². The fourth-order valence-corrected chi connectivity index (χ4v) is 3.50. The van der Waals surface area contributed by atoms with Crippen LogP contribution in [-0.2, 0) is 0 Å². The molecule has 146 valence electrons. The fraction of sp³-hybridized carbons (Fsp3) is 0.368. The van der Waals surface area contributed by atoms with Gasteiger partial charge in [-0.2, -0.15) is 0 Å². The lowest BCUT2D eigenvalue weighted by atomic mass is 9.93. The van der Waals surface area contributed by atoms with Crippen LogP contribution in [0.1, 0.15) is 31.5 Å². The Labute approximate surface area is 166 Å². The molecule has 28 heavy (non-hydrogen) atoms. The third-order valence-electron chi connectivity index (χ3n) is 4.76. The number of aryl methyl sites for hydroxylation is 1. The van der Waals surface area contributed by atoms with Gasteiger partial charge in [0.1, 0.15) is 22.7 Å². The SMILES string of the molecule is Cc1nc(Nc2ccc(F)c(Cl)c2)c2nc(N[C@H]3CC[C@H](O)CC3)ncc2n1. The molecule has 7 nitrogen and oxygen atoms in total. The highest BCUT2D eigenvalue weighted by molar-refractivity contribution is 6.31. The van der Waals surface area contributed by atoms with Crippen molar-refractivity contribution < 1.29 is 9.50 Å². The molecule has 0 atom stereocenters. The van der Waals surface area contributed by atoms with Crippen LogP contribution in [-0.4, -0.2) is 37.2 Å². The van der Waals surface area contributed by atoms with Gasteiger partial charge in [0.25, 0.3) is 0 Å². The molecule has 1 saturated carbocycles. The zero-order valence-electron chi connectivity index (χ0n) is 15.3. The van der Waals surface area contributed by atoms with Gasteiger partial charge >= 0.3 is 0 Å². The average molecular weight is 403 g/mol. The van der Waals surface area contributed by atoms with E-state index >= 15 is 0 Å². The smallest absolute Gasteiger partial charge is 0.223 e. The van der Waals surface area contributed by atoms with Gasteiger partial charge in [0.2, 0.25) is 5.95 Å². The molecule has 3 aromatic rings. The Kier molecular flexibility index (Phi) is 5.23. The summed E-state index contributed by atoms with van der Waals surface area (Å²) in [6, 6.07) is 4.59. The summed E-state index contributed by atoms with van der Waals surface area (Å²) in [4.78, 5) is 17.8. The van der Waals surface area contributed by atoms with Crippen molar-refractivity contribution in [2.75, 3.05) is 10.6 Å². The minimum Gasteiger partial charge on any atom is -0.393 e. The fourth-order valence-electron chi connectivity index (χ4n) is 3.32. The molecular formula is C19H20ClFN6O. The Morgan fingerprint density at radius 1 is 1.14 bits per heavy atom. The zero-order chi connectivity index (χ0) is 19.7. The van der Waals surface area contributed by atoms with Gasteiger partial charge in [-0.15, -0.1) is 0 Å². The van der Waals surface area contributed by atoms with E-state index < -0.39 is 5.82 Å². The van der Waals surface area contributed by atoms with Crippen LogP contribution in [0.5, 0.6) is 0 Å². The number of anilines is 3. The highest BCUT2D eigenvalue weighted by Crippen LogP contribution is 2.27. The van der Waals surface area contributed by atoms with Crippen molar-refractivity contribution in [1.29, 1.82) is 0 Å². The molecule has 1 fully saturated rings. The lowest BCUT2D eigenvalue weighted by Gasteiger charge is -2.26. The molecule has 0 amide bonds. The van der Waals surface area contributed by atoms with Crippen LogP contribution < -0.4 is 10.6 Å². The number of nitrogens with zero attached hydrogens (tertiary/aromatic N) is 4. The Hall–Kier alpha value is -2.58. The van der Waals surface area contributed by atoms with Crippen LogP contribution in [0.2, 0.25) is 5.02 Å². The molecule has 1 aliphatic rings. The van der Waals surface area contributed by atoms with E-state index in [0.29, 0.717) is 34.3 Å². The second kappa shape index (κ2) is 7.81. The van der Waals surface area contributed by atoms with E-state index in [1.807, 2.05) is 0 Å². The van der Waals surface area contributed by atoms with Crippen LogP contribution in [0.25, 0.3) is 11.0 Å². The van der Waals surface area contributed by atoms with E-state index in [9.17, 15) is 9.50 Å². The predicted molar refractivity (Wildman–Crippen MR) is 106 cm³/mol. The predicted octanol–water partition coefficient (Wildman–Crippen LogP) is 3.98. The number of hydrogen-bond acceptors (Lipinski definition) is 7. The third kappa shape index (κ3) is 4.13. The second-order valence-electron chi connectivity index (χ2n) is 6.95. The number of rotatable bonds is 4. The number of aliphatic hydroxyl groups is 1. The van der Waals surface area contributed by atoms with E-state index in [2.05, 4.69) is 30.6 Å². The summed E-state index contributed by atoms with van der Waals surface area (Å²) in [5, 5.41) is 16.1. The summed E-state index contributed by atoms with van der Waals surface area (Å²) in [5.41, 5.74) is 1.76. The summed E-state index contributed by atoms with van der Waals surface area (Å²) < 4.78 is 13.4. The van der Waals surface area contributed by atoms with Crippen LogP contribution in [0.15, 0.2) is 24.4 Å². The molecule has 0 bridgehead atoms. The first-order valence-corrected chi connectivity index (χ1v) is 9.54. The van der Waals surface area contributed by atoms with E-state index in [1.54, 1.807) is 19.2 Å². The summed E-state index contributed by atoms with van der Waals surface area (Å²) in [6.45, 7) is 1.78. The van der Waals surface area contributed by atoms with E-state index in [4.69, 9.17) is 11.6 Å². The Bertz CT molecular complexity index is 1010. The number of benzene rings is 1. The van der Waals surface area contributed by atoms with Crippen molar-refractivity contribution in [2.24, 2.45) is 0 Å². The van der Waals surface area contributed by atoms with Crippen LogP contribution in [0.3, 0.4) is 0 Å². The summed E-state index contributed by atoms with van der Waals surface area (Å²) >= 11 is 5.87. The van der Waals surface area contributed by atoms with Gasteiger partial charge in [-0.3, -0.25) is 0 Å². The lowest BCUT2D eigenvalue weighted by Crippen LogP contribution is -2.28. The Morgan fingerprint density at radius 2 is 1.93 bits per heavy atom. The van der Waals surface area contributed by atoms with Crippen LogP contribution in [0.4, 0.5) is 21.8 Å². The number of halogens is 2. The first-order chi connectivity index (χ1) is 13.5. The van der Waals surface area contributed by atoms with Gasteiger partial charge in [-0.05, 0) is 50.8 Å². The molecule has 2 heterocycles. The number of aliphatic hydroxyl groups excluding tert-OH is 1. The number of aromatic nitrogens is 4. The monoisotopic (exact) mass is 402 g/mol. The van der Waals surface area contributed by atoms with Crippen LogP contribution >= 0.6 is 11.6 Å². The first kappa shape index (κ1) is 18.8. The first-order valence-electron chi connectivity index (χ1n) is 9.16. The highest BCUT2D eigenvalue weighted by Gasteiger charge is 2.20. The number of nitrogens with one attached hydrogen (secondary N) is 2. The van der Waals surface area contributed by atoms with Gasteiger partial charge < -0.3 is 15.7 Å². The van der Waals surface area contributed by atoms with E-state index in [1.165, 1.54) is 12.1 Å². The molecule has 4 rings (SSSR count). The van der Waals surface area contributed by atoms with E-state index in [-0.39, 0.29) is 17.2 Å². The normalized spacial score (nSPS) is 19.6. The largest absolute Gasteiger partial charge is 0.393 e. The Balaban J connectivity index is 1.64. The molecule has 0 unspecified atom stereocenters. The minimum atomic E-state index is -0.484. The standard InChI is InChI=1S/C19H20ClFN6O/c1-10-23-16-9-22-19(26-11-2-5-13(28)6-3-11)27-17(16)18(24-10)25-12-4-7-15(21)14(20)8-12/h4,7-9,11,13,28H,2-3,5-6H2,1H3,(H,22,26,27)(H,23,24,25)/t11-,13-. The third-order valence-corrected chi connectivity index (χ3v) is 5.05.